The van der Waals surface area contributed by atoms with E-state index in [1.165, 1.54) is 0 Å². The van der Waals surface area contributed by atoms with Crippen LogP contribution in [0.15, 0.2) is 0 Å². The Balaban J connectivity index is 3.51. The van der Waals surface area contributed by atoms with Gasteiger partial charge in [-0.15, -0.1) is 5.10 Å². The summed E-state index contributed by atoms with van der Waals surface area (Å²) >= 11 is 0. The molecule has 24 heavy (non-hydrogen) atoms. The van der Waals surface area contributed by atoms with Gasteiger partial charge in [-0.25, -0.2) is 13.5 Å². The molecule has 0 spiro atoms. The number of hydrogen-bond acceptors (Lipinski definition) is 4. The van der Waals surface area contributed by atoms with Gasteiger partial charge in [0, 0.05) is 0 Å². The summed E-state index contributed by atoms with van der Waals surface area (Å²) in [6, 6.07) is 0. The molecule has 0 bridgehead atoms. The maximum absolute atomic E-state index is 13.8. The van der Waals surface area contributed by atoms with Crippen molar-refractivity contribution in [3.8, 4) is 0 Å². The third kappa shape index (κ3) is 3.68. The number of esters is 1. The minimum absolute atomic E-state index is 0.201. The Morgan fingerprint density at radius 2 is 1.62 bits per heavy atom. The Kier molecular flexibility index (Phi) is 7.06. The molecular weight excluding hydrogens is 332 g/mol. The summed E-state index contributed by atoms with van der Waals surface area (Å²) in [6.07, 6.45) is -2.73. The van der Waals surface area contributed by atoms with Crippen molar-refractivity contribution in [2.24, 2.45) is 0 Å². The van der Waals surface area contributed by atoms with Gasteiger partial charge in [-0.3, -0.25) is 4.79 Å². The molecule has 1 aromatic heterocycles. The van der Waals surface area contributed by atoms with Crippen LogP contribution in [0.1, 0.15) is 60.6 Å². The summed E-state index contributed by atoms with van der Waals surface area (Å²) in [5, 5.41) is 8.50. The first kappa shape index (κ1) is 20.7. The first-order valence-electron chi connectivity index (χ1n) is 8.48. The largest absolute Gasteiger partial charge is 0.465 e. The number of rotatable bonds is 8. The highest BCUT2D eigenvalue weighted by molar-refractivity contribution is 6.94. The lowest BCUT2D eigenvalue weighted by molar-refractivity contribution is -0.144. The number of ether oxygens (including phenoxy) is 1. The van der Waals surface area contributed by atoms with Crippen molar-refractivity contribution in [3.63, 3.8) is 0 Å². The first-order valence-corrected chi connectivity index (χ1v) is 10.7. The van der Waals surface area contributed by atoms with Gasteiger partial charge in [0.2, 0.25) is 0 Å². The van der Waals surface area contributed by atoms with Crippen LogP contribution in [0.2, 0.25) is 16.6 Å². The van der Waals surface area contributed by atoms with Crippen molar-refractivity contribution < 1.29 is 18.3 Å². The fraction of sp³-hybridized carbons (Fsp3) is 0.812. The number of nitrogens with zero attached hydrogens (tertiary/aromatic N) is 3. The molecule has 0 unspecified atom stereocenters. The van der Waals surface area contributed by atoms with Crippen LogP contribution in [0.25, 0.3) is 0 Å². The van der Waals surface area contributed by atoms with Gasteiger partial charge >= 0.3 is 5.97 Å². The number of carbonyl (C=O) groups excluding carboxylic acids is 1. The highest BCUT2D eigenvalue weighted by Gasteiger charge is 2.49. The summed E-state index contributed by atoms with van der Waals surface area (Å²) in [5.41, 5.74) is 0.457. The monoisotopic (exact) mass is 361 g/mol. The lowest BCUT2D eigenvalue weighted by atomic mass is 10.4. The van der Waals surface area contributed by atoms with Crippen molar-refractivity contribution >= 4 is 19.4 Å². The molecule has 0 aromatic carbocycles. The van der Waals surface area contributed by atoms with Crippen LogP contribution in [0, 0.1) is 0 Å². The second kappa shape index (κ2) is 8.18. The Morgan fingerprint density at radius 3 is 2.00 bits per heavy atom. The molecule has 0 aliphatic rings. The van der Waals surface area contributed by atoms with E-state index < -0.39 is 20.5 Å². The summed E-state index contributed by atoms with van der Waals surface area (Å²) in [5.74, 6) is -0.582. The summed E-state index contributed by atoms with van der Waals surface area (Å²) in [4.78, 5) is 11.7. The predicted octanol–water partition coefficient (Wildman–Crippen LogP) is 3.66. The van der Waals surface area contributed by atoms with Crippen LogP contribution in [-0.4, -0.2) is 35.6 Å². The zero-order valence-corrected chi connectivity index (χ0v) is 16.6. The van der Waals surface area contributed by atoms with Gasteiger partial charge in [-0.1, -0.05) is 46.8 Å². The van der Waals surface area contributed by atoms with Gasteiger partial charge < -0.3 is 4.74 Å². The molecule has 0 N–H and O–H groups in total. The van der Waals surface area contributed by atoms with Crippen LogP contribution in [0.4, 0.5) is 8.78 Å². The Bertz CT molecular complexity index is 538. The molecule has 0 aliphatic carbocycles. The normalized spacial score (nSPS) is 12.7. The fourth-order valence-corrected chi connectivity index (χ4v) is 10.7. The standard InChI is InChI=1S/C16H29F2N3O2Si/c1-8-23-13(22)9-21-14(15(17)18)16(19-20-21)24(10(2)3,11(4)5)12(6)7/h10-12,15H,8-9H2,1-7H3. The molecule has 0 radical (unpaired) electrons. The molecule has 0 amide bonds. The molecule has 138 valence electrons. The van der Waals surface area contributed by atoms with Crippen LogP contribution >= 0.6 is 0 Å². The molecule has 5 nitrogen and oxygen atoms in total. The van der Waals surface area contributed by atoms with Crippen molar-refractivity contribution in [1.82, 2.24) is 15.0 Å². The van der Waals surface area contributed by atoms with Crippen molar-refractivity contribution in [2.45, 2.75) is 78.1 Å². The number of aromatic nitrogens is 3. The van der Waals surface area contributed by atoms with E-state index >= 15 is 0 Å². The Hall–Kier alpha value is -1.31. The lowest BCUT2D eigenvalue weighted by Crippen LogP contribution is -2.57. The summed E-state index contributed by atoms with van der Waals surface area (Å²) in [7, 11) is -2.39. The van der Waals surface area contributed by atoms with Crippen LogP contribution < -0.4 is 5.32 Å². The smallest absolute Gasteiger partial charge is 0.327 e. The van der Waals surface area contributed by atoms with E-state index in [-0.39, 0.29) is 35.5 Å². The highest BCUT2D eigenvalue weighted by Crippen LogP contribution is 2.42. The van der Waals surface area contributed by atoms with Crippen LogP contribution in [0.3, 0.4) is 0 Å². The second-order valence-electron chi connectivity index (χ2n) is 6.98. The maximum Gasteiger partial charge on any atom is 0.327 e. The molecule has 0 atom stereocenters. The molecule has 1 heterocycles. The average Bonchev–Trinajstić information content (AvgIpc) is 2.82. The van der Waals surface area contributed by atoms with Gasteiger partial charge in [0.1, 0.15) is 20.3 Å². The molecule has 0 saturated heterocycles. The van der Waals surface area contributed by atoms with E-state index in [2.05, 4.69) is 51.9 Å². The van der Waals surface area contributed by atoms with Crippen molar-refractivity contribution in [3.05, 3.63) is 5.69 Å². The molecular formula is C16H29F2N3O2Si. The predicted molar refractivity (Wildman–Crippen MR) is 92.3 cm³/mol. The van der Waals surface area contributed by atoms with Crippen LogP contribution in [0.5, 0.6) is 0 Å². The zero-order chi connectivity index (χ0) is 18.7. The number of halogens is 2. The number of carbonyl (C=O) groups is 1. The number of alkyl halides is 2. The number of hydrogen-bond donors (Lipinski definition) is 0. The van der Waals surface area contributed by atoms with Gasteiger partial charge in [0.25, 0.3) is 6.43 Å². The summed E-state index contributed by atoms with van der Waals surface area (Å²) in [6.45, 7) is 14.0. The lowest BCUT2D eigenvalue weighted by Gasteiger charge is -2.41. The van der Waals surface area contributed by atoms with E-state index in [4.69, 9.17) is 4.74 Å². The van der Waals surface area contributed by atoms with Crippen molar-refractivity contribution in [2.75, 3.05) is 6.61 Å². The van der Waals surface area contributed by atoms with E-state index in [0.717, 1.165) is 4.68 Å². The molecule has 0 aliphatic heterocycles. The van der Waals surface area contributed by atoms with Gasteiger partial charge in [0.15, 0.2) is 0 Å². The molecule has 1 rings (SSSR count). The molecule has 1 aromatic rings. The van der Waals surface area contributed by atoms with E-state index in [1.807, 2.05) is 0 Å². The van der Waals surface area contributed by atoms with Crippen LogP contribution in [-0.2, 0) is 16.1 Å². The fourth-order valence-electron chi connectivity index (χ4n) is 4.11. The molecule has 8 heteroatoms. The topological polar surface area (TPSA) is 57.0 Å². The zero-order valence-electron chi connectivity index (χ0n) is 15.6. The van der Waals surface area contributed by atoms with Gasteiger partial charge in [-0.05, 0) is 23.5 Å². The molecule has 0 saturated carbocycles. The van der Waals surface area contributed by atoms with Crippen molar-refractivity contribution in [1.29, 1.82) is 0 Å². The third-order valence-electron chi connectivity index (χ3n) is 4.84. The highest BCUT2D eigenvalue weighted by atomic mass is 28.3. The SMILES string of the molecule is CCOC(=O)Cn1nnc([Si](C(C)C)(C(C)C)C(C)C)c1C(F)F. The minimum Gasteiger partial charge on any atom is -0.465 e. The second-order valence-corrected chi connectivity index (χ2v) is 12.8. The van der Waals surface area contributed by atoms with E-state index in [0.29, 0.717) is 5.32 Å². The quantitative estimate of drug-likeness (QED) is 0.524. The Labute approximate surface area is 143 Å². The first-order chi connectivity index (χ1) is 11.1. The average molecular weight is 362 g/mol. The maximum atomic E-state index is 13.8. The summed E-state index contributed by atoms with van der Waals surface area (Å²) < 4.78 is 33.6. The van der Waals surface area contributed by atoms with Gasteiger partial charge in [0.05, 0.1) is 11.9 Å². The molecule has 0 fully saturated rings. The minimum atomic E-state index is -2.73. The van der Waals surface area contributed by atoms with E-state index in [9.17, 15) is 13.6 Å². The Morgan fingerprint density at radius 1 is 1.12 bits per heavy atom. The van der Waals surface area contributed by atoms with Gasteiger partial charge in [-0.2, -0.15) is 0 Å². The third-order valence-corrected chi connectivity index (χ3v) is 11.7. The van der Waals surface area contributed by atoms with E-state index in [1.54, 1.807) is 6.92 Å².